The second-order valence-corrected chi connectivity index (χ2v) is 11.4. The third-order valence-electron chi connectivity index (χ3n) is 7.50. The summed E-state index contributed by atoms with van der Waals surface area (Å²) in [4.78, 5) is 15.1. The van der Waals surface area contributed by atoms with Gasteiger partial charge in [0.1, 0.15) is 5.82 Å². The van der Waals surface area contributed by atoms with Crippen LogP contribution < -0.4 is 0 Å². The molecule has 0 atom stereocenters. The minimum Gasteiger partial charge on any atom is -0.308 e. The van der Waals surface area contributed by atoms with Gasteiger partial charge in [-0.25, -0.2) is 15.0 Å². The largest absolute Gasteiger partial charge is 0.308 e. The smallest absolute Gasteiger partial charge is 0.165 e. The molecule has 0 amide bonds. The first kappa shape index (κ1) is 24.9. The van der Waals surface area contributed by atoms with Crippen molar-refractivity contribution >= 4 is 21.8 Å². The van der Waals surface area contributed by atoms with Crippen LogP contribution in [0.5, 0.6) is 0 Å². The molecule has 0 fully saturated rings. The Morgan fingerprint density at radius 1 is 0.488 bits per heavy atom. The van der Waals surface area contributed by atoms with E-state index in [1.807, 2.05) is 18.2 Å². The van der Waals surface area contributed by atoms with Gasteiger partial charge in [-0.05, 0) is 23.8 Å². The second-order valence-electron chi connectivity index (χ2n) is 11.4. The fourth-order valence-electron chi connectivity index (χ4n) is 5.53. The molecule has 0 N–H and O–H groups in total. The zero-order valence-corrected chi connectivity index (χ0v) is 23.4. The number of nitrogens with zero attached hydrogens (tertiary/aromatic N) is 4. The van der Waals surface area contributed by atoms with E-state index < -0.39 is 0 Å². The molecule has 0 radical (unpaired) electrons. The Hall–Kier alpha value is -5.09. The highest BCUT2D eigenvalue weighted by Gasteiger charge is 2.23. The molecular formula is C37H30N4. The summed E-state index contributed by atoms with van der Waals surface area (Å²) in [5.41, 5.74) is 7.40. The van der Waals surface area contributed by atoms with E-state index in [2.05, 4.69) is 135 Å². The number of para-hydroxylation sites is 3. The lowest BCUT2D eigenvalue weighted by atomic mass is 9.95. The van der Waals surface area contributed by atoms with Crippen LogP contribution in [0.2, 0.25) is 0 Å². The van der Waals surface area contributed by atoms with Crippen LogP contribution >= 0.6 is 0 Å². The van der Waals surface area contributed by atoms with Crippen molar-refractivity contribution in [2.45, 2.75) is 26.2 Å². The van der Waals surface area contributed by atoms with Crippen LogP contribution in [0.1, 0.15) is 26.6 Å². The van der Waals surface area contributed by atoms with Gasteiger partial charge in [0.2, 0.25) is 0 Å². The standard InChI is InChI=1S/C37H30N4/c1-37(2,3)36-39-34(26-17-8-5-9-18-26)38-35(40-36)30-20-11-13-24-32(30)41-31-23-12-10-19-28(31)29-22-14-21-27(33(29)41)25-15-6-4-7-16-25/h4-24H,1-3H3. The zero-order chi connectivity index (χ0) is 28.0. The summed E-state index contributed by atoms with van der Waals surface area (Å²) in [6.07, 6.45) is 0. The number of fused-ring (bicyclic) bond motifs is 3. The first-order chi connectivity index (χ1) is 20.0. The summed E-state index contributed by atoms with van der Waals surface area (Å²) in [7, 11) is 0. The summed E-state index contributed by atoms with van der Waals surface area (Å²) >= 11 is 0. The van der Waals surface area contributed by atoms with E-state index in [1.165, 1.54) is 27.4 Å². The molecule has 4 heteroatoms. The molecule has 0 spiro atoms. The van der Waals surface area contributed by atoms with E-state index in [0.29, 0.717) is 11.6 Å². The summed E-state index contributed by atoms with van der Waals surface area (Å²) < 4.78 is 2.38. The van der Waals surface area contributed by atoms with Crippen molar-refractivity contribution in [1.82, 2.24) is 19.5 Å². The Morgan fingerprint density at radius 3 is 1.83 bits per heavy atom. The molecule has 0 bridgehead atoms. The maximum Gasteiger partial charge on any atom is 0.165 e. The molecule has 5 aromatic carbocycles. The monoisotopic (exact) mass is 530 g/mol. The van der Waals surface area contributed by atoms with Crippen LogP contribution in [0.4, 0.5) is 0 Å². The number of benzene rings is 5. The second kappa shape index (κ2) is 9.83. The van der Waals surface area contributed by atoms with Gasteiger partial charge < -0.3 is 4.57 Å². The molecule has 7 aromatic rings. The van der Waals surface area contributed by atoms with E-state index in [4.69, 9.17) is 15.0 Å². The minimum atomic E-state index is -0.247. The molecule has 0 saturated heterocycles. The minimum absolute atomic E-state index is 0.247. The normalized spacial score (nSPS) is 11.8. The van der Waals surface area contributed by atoms with Crippen molar-refractivity contribution in [3.05, 3.63) is 133 Å². The Labute approximate surface area is 240 Å². The van der Waals surface area contributed by atoms with Crippen LogP contribution in [0, 0.1) is 0 Å². The van der Waals surface area contributed by atoms with Crippen molar-refractivity contribution in [1.29, 1.82) is 0 Å². The summed E-state index contributed by atoms with van der Waals surface area (Å²) in [6, 6.07) is 44.4. The molecule has 41 heavy (non-hydrogen) atoms. The Kier molecular flexibility index (Phi) is 5.97. The highest BCUT2D eigenvalue weighted by molar-refractivity contribution is 6.14. The zero-order valence-electron chi connectivity index (χ0n) is 23.4. The van der Waals surface area contributed by atoms with Crippen LogP contribution in [-0.2, 0) is 5.41 Å². The quantitative estimate of drug-likeness (QED) is 0.228. The van der Waals surface area contributed by atoms with Crippen molar-refractivity contribution < 1.29 is 0 Å². The Bertz CT molecular complexity index is 2020. The van der Waals surface area contributed by atoms with Crippen LogP contribution in [0.25, 0.3) is 61.4 Å². The molecule has 7 rings (SSSR count). The Morgan fingerprint density at radius 2 is 1.07 bits per heavy atom. The van der Waals surface area contributed by atoms with Gasteiger partial charge in [-0.3, -0.25) is 0 Å². The van der Waals surface area contributed by atoms with E-state index in [0.717, 1.165) is 28.2 Å². The van der Waals surface area contributed by atoms with Crippen LogP contribution in [-0.4, -0.2) is 19.5 Å². The van der Waals surface area contributed by atoms with Crippen molar-refractivity contribution in [2.75, 3.05) is 0 Å². The third-order valence-corrected chi connectivity index (χ3v) is 7.50. The summed E-state index contributed by atoms with van der Waals surface area (Å²) in [5, 5.41) is 2.43. The molecule has 198 valence electrons. The van der Waals surface area contributed by atoms with E-state index in [9.17, 15) is 0 Å². The SMILES string of the molecule is CC(C)(C)c1nc(-c2ccccc2)nc(-c2ccccc2-n2c3ccccc3c3cccc(-c4ccccc4)c32)n1. The van der Waals surface area contributed by atoms with Crippen molar-refractivity contribution in [3.8, 4) is 39.6 Å². The fourth-order valence-corrected chi connectivity index (χ4v) is 5.53. The lowest BCUT2D eigenvalue weighted by Gasteiger charge is -2.20. The van der Waals surface area contributed by atoms with Crippen LogP contribution in [0.3, 0.4) is 0 Å². The third kappa shape index (κ3) is 4.38. The van der Waals surface area contributed by atoms with Gasteiger partial charge in [-0.2, -0.15) is 0 Å². The van der Waals surface area contributed by atoms with E-state index >= 15 is 0 Å². The van der Waals surface area contributed by atoms with Crippen molar-refractivity contribution in [3.63, 3.8) is 0 Å². The van der Waals surface area contributed by atoms with Gasteiger partial charge in [-0.15, -0.1) is 0 Å². The molecule has 0 aliphatic heterocycles. The van der Waals surface area contributed by atoms with Gasteiger partial charge in [0, 0.05) is 32.9 Å². The fraction of sp³-hybridized carbons (Fsp3) is 0.108. The van der Waals surface area contributed by atoms with Crippen LogP contribution in [0.15, 0.2) is 127 Å². The predicted molar refractivity (Wildman–Crippen MR) is 169 cm³/mol. The molecule has 4 nitrogen and oxygen atoms in total. The molecule has 2 heterocycles. The van der Waals surface area contributed by atoms with Gasteiger partial charge in [0.25, 0.3) is 0 Å². The van der Waals surface area contributed by atoms with E-state index in [-0.39, 0.29) is 5.41 Å². The topological polar surface area (TPSA) is 43.6 Å². The van der Waals surface area contributed by atoms with Gasteiger partial charge in [0.15, 0.2) is 11.6 Å². The average Bonchev–Trinajstić information content (AvgIpc) is 3.36. The first-order valence-electron chi connectivity index (χ1n) is 14.0. The average molecular weight is 531 g/mol. The molecule has 0 aliphatic rings. The maximum atomic E-state index is 5.08. The van der Waals surface area contributed by atoms with Gasteiger partial charge in [0.05, 0.1) is 16.7 Å². The molecule has 0 saturated carbocycles. The molecular weight excluding hydrogens is 500 g/mol. The van der Waals surface area contributed by atoms with Gasteiger partial charge >= 0.3 is 0 Å². The number of hydrogen-bond donors (Lipinski definition) is 0. The lowest BCUT2D eigenvalue weighted by molar-refractivity contribution is 0.543. The van der Waals surface area contributed by atoms with E-state index in [1.54, 1.807) is 0 Å². The van der Waals surface area contributed by atoms with Crippen molar-refractivity contribution in [2.24, 2.45) is 0 Å². The Balaban J connectivity index is 1.56. The maximum absolute atomic E-state index is 5.08. The molecule has 0 aliphatic carbocycles. The number of hydrogen-bond acceptors (Lipinski definition) is 3. The summed E-state index contributed by atoms with van der Waals surface area (Å²) in [6.45, 7) is 6.43. The summed E-state index contributed by atoms with van der Waals surface area (Å²) in [5.74, 6) is 2.12. The highest BCUT2D eigenvalue weighted by Crippen LogP contribution is 2.40. The molecule has 2 aromatic heterocycles. The first-order valence-corrected chi connectivity index (χ1v) is 14.0. The number of rotatable bonds is 4. The lowest BCUT2D eigenvalue weighted by Crippen LogP contribution is -2.18. The highest BCUT2D eigenvalue weighted by atomic mass is 15.1. The van der Waals surface area contributed by atoms with Gasteiger partial charge in [-0.1, -0.05) is 130 Å². The molecule has 0 unspecified atom stereocenters. The number of aromatic nitrogens is 4. The predicted octanol–water partition coefficient (Wildman–Crippen LogP) is 9.27.